The lowest BCUT2D eigenvalue weighted by Gasteiger charge is -2.28. The van der Waals surface area contributed by atoms with Crippen molar-refractivity contribution >= 4 is 21.7 Å². The summed E-state index contributed by atoms with van der Waals surface area (Å²) in [4.78, 5) is 0. The number of benzene rings is 2. The van der Waals surface area contributed by atoms with Crippen molar-refractivity contribution in [1.29, 1.82) is 0 Å². The quantitative estimate of drug-likeness (QED) is 0.725. The molecule has 2 unspecified atom stereocenters. The molecule has 0 fully saturated rings. The Morgan fingerprint density at radius 3 is 2.52 bits per heavy atom. The molecule has 2 aromatic carbocycles. The second-order valence-corrected chi connectivity index (χ2v) is 9.31. The van der Waals surface area contributed by atoms with Crippen LogP contribution in [0.5, 0.6) is 0 Å². The lowest BCUT2D eigenvalue weighted by Crippen LogP contribution is -2.30. The van der Waals surface area contributed by atoms with Crippen LogP contribution in [0.4, 0.5) is 0 Å². The Hall–Kier alpha value is -1.86. The molecule has 0 amide bonds. The predicted molar refractivity (Wildman–Crippen MR) is 94.2 cm³/mol. The average Bonchev–Trinajstić information content (AvgIpc) is 2.99. The van der Waals surface area contributed by atoms with E-state index in [2.05, 4.69) is 80.6 Å². The molecule has 104 valence electrons. The molecule has 2 aliphatic carbocycles. The molecule has 0 saturated heterocycles. The Labute approximate surface area is 129 Å². The first-order chi connectivity index (χ1) is 10.2. The number of hydrogen-bond donors (Lipinski definition) is 0. The fourth-order valence-corrected chi connectivity index (χ4v) is 6.63. The lowest BCUT2D eigenvalue weighted by atomic mass is 10.0. The van der Waals surface area contributed by atoms with E-state index in [-0.39, 0.29) is 14.6 Å². The molecule has 0 nitrogen and oxygen atoms in total. The minimum atomic E-state index is -0.352. The highest BCUT2D eigenvalue weighted by molar-refractivity contribution is 6.45. The minimum Gasteiger partial charge on any atom is -0.0770 e. The molecule has 0 aromatic heterocycles. The second-order valence-electron chi connectivity index (χ2n) is 6.61. The summed E-state index contributed by atoms with van der Waals surface area (Å²) in [5.41, 5.74) is 8.19. The van der Waals surface area contributed by atoms with Crippen LogP contribution in [-0.4, -0.2) is 9.52 Å². The van der Waals surface area contributed by atoms with Crippen molar-refractivity contribution in [3.8, 4) is 0 Å². The van der Waals surface area contributed by atoms with Crippen LogP contribution in [0.2, 0.25) is 0 Å². The third-order valence-electron chi connectivity index (χ3n) is 5.14. The molecular weight excluding hydrogens is 268 g/mol. The summed E-state index contributed by atoms with van der Waals surface area (Å²) in [5, 5.41) is 0.286. The molecule has 0 bridgehead atoms. The predicted octanol–water partition coefficient (Wildman–Crippen LogP) is 4.26. The zero-order valence-electron chi connectivity index (χ0n) is 12.6. The first kappa shape index (κ1) is 12.8. The number of allylic oxidation sites excluding steroid dienone is 2. The highest BCUT2D eigenvalue weighted by Crippen LogP contribution is 2.42. The van der Waals surface area contributed by atoms with Gasteiger partial charge in [-0.3, -0.25) is 0 Å². The summed E-state index contributed by atoms with van der Waals surface area (Å²) in [5.74, 6) is 0. The molecule has 2 aromatic rings. The van der Waals surface area contributed by atoms with Gasteiger partial charge in [0, 0.05) is 5.04 Å². The van der Waals surface area contributed by atoms with Crippen molar-refractivity contribution in [3.63, 3.8) is 0 Å². The molecule has 0 spiro atoms. The first-order valence-corrected chi connectivity index (χ1v) is 9.26. The molecule has 1 heteroatoms. The molecular formula is C20H20Si. The van der Waals surface area contributed by atoms with Gasteiger partial charge in [-0.05, 0) is 34.7 Å². The van der Waals surface area contributed by atoms with E-state index in [4.69, 9.17) is 0 Å². The summed E-state index contributed by atoms with van der Waals surface area (Å²) in [6, 6.07) is 17.8. The van der Waals surface area contributed by atoms with Crippen LogP contribution in [-0.2, 0) is 5.04 Å². The van der Waals surface area contributed by atoms with Crippen LogP contribution in [0, 0.1) is 0 Å². The van der Waals surface area contributed by atoms with Gasteiger partial charge >= 0.3 is 0 Å². The molecule has 0 saturated carbocycles. The average molecular weight is 288 g/mol. The zero-order chi connectivity index (χ0) is 14.4. The van der Waals surface area contributed by atoms with Gasteiger partial charge in [0.25, 0.3) is 0 Å². The van der Waals surface area contributed by atoms with Crippen molar-refractivity contribution in [3.05, 3.63) is 82.4 Å². The molecule has 0 heterocycles. The van der Waals surface area contributed by atoms with Gasteiger partial charge in [0.05, 0.1) is 9.52 Å². The van der Waals surface area contributed by atoms with Gasteiger partial charge < -0.3 is 0 Å². The van der Waals surface area contributed by atoms with E-state index in [1.807, 2.05) is 0 Å². The van der Waals surface area contributed by atoms with Crippen LogP contribution in [0.3, 0.4) is 0 Å². The Kier molecular flexibility index (Phi) is 2.80. The zero-order valence-corrected chi connectivity index (χ0v) is 14.0. The van der Waals surface area contributed by atoms with Crippen molar-refractivity contribution in [2.24, 2.45) is 0 Å². The van der Waals surface area contributed by atoms with E-state index in [9.17, 15) is 0 Å². The molecule has 2 aliphatic rings. The topological polar surface area (TPSA) is 0 Å². The normalized spacial score (nSPS) is 26.2. The summed E-state index contributed by atoms with van der Waals surface area (Å²) in [6.45, 7) is 4.75. The third kappa shape index (κ3) is 1.96. The van der Waals surface area contributed by atoms with Crippen LogP contribution in [0.15, 0.2) is 60.2 Å². The van der Waals surface area contributed by atoms with Crippen molar-refractivity contribution in [2.75, 3.05) is 0 Å². The van der Waals surface area contributed by atoms with Gasteiger partial charge in [0.1, 0.15) is 0 Å². The third-order valence-corrected chi connectivity index (χ3v) is 8.10. The smallest absolute Gasteiger partial charge is 0.0506 e. The maximum Gasteiger partial charge on any atom is 0.0506 e. The lowest BCUT2D eigenvalue weighted by molar-refractivity contribution is 0.840. The summed E-state index contributed by atoms with van der Waals surface area (Å²) < 4.78 is 0. The number of rotatable bonds is 2. The fraction of sp³-hybridized carbons (Fsp3) is 0.200. The fourth-order valence-electron chi connectivity index (χ4n) is 3.95. The van der Waals surface area contributed by atoms with Gasteiger partial charge in [-0.25, -0.2) is 0 Å². The second kappa shape index (κ2) is 4.57. The van der Waals surface area contributed by atoms with E-state index in [1.165, 1.54) is 16.7 Å². The van der Waals surface area contributed by atoms with E-state index in [1.54, 1.807) is 11.1 Å². The van der Waals surface area contributed by atoms with Crippen molar-refractivity contribution in [1.82, 2.24) is 0 Å². The van der Waals surface area contributed by atoms with Gasteiger partial charge in [0.2, 0.25) is 0 Å². The van der Waals surface area contributed by atoms with E-state index in [0.717, 1.165) is 0 Å². The highest BCUT2D eigenvalue weighted by Gasteiger charge is 2.35. The van der Waals surface area contributed by atoms with Crippen LogP contribution in [0.25, 0.3) is 12.2 Å². The molecule has 4 rings (SSSR count). The summed E-state index contributed by atoms with van der Waals surface area (Å²) in [6.07, 6.45) is 7.17. The molecule has 0 radical (unpaired) electrons. The minimum absolute atomic E-state index is 0.286. The SMILES string of the molecule is CC1=Cc2ccccc2C1[SiH2]C1(C)C=Cc2ccccc21. The van der Waals surface area contributed by atoms with Gasteiger partial charge in [0.15, 0.2) is 0 Å². The van der Waals surface area contributed by atoms with Crippen molar-refractivity contribution < 1.29 is 0 Å². The van der Waals surface area contributed by atoms with E-state index < -0.39 is 0 Å². The van der Waals surface area contributed by atoms with E-state index in [0.29, 0.717) is 5.54 Å². The van der Waals surface area contributed by atoms with Gasteiger partial charge in [-0.2, -0.15) is 0 Å². The maximum atomic E-state index is 2.46. The van der Waals surface area contributed by atoms with Crippen LogP contribution >= 0.6 is 0 Å². The Morgan fingerprint density at radius 2 is 1.67 bits per heavy atom. The van der Waals surface area contributed by atoms with Crippen LogP contribution in [0.1, 0.15) is 41.6 Å². The first-order valence-electron chi connectivity index (χ1n) is 7.73. The highest BCUT2D eigenvalue weighted by atomic mass is 28.2. The molecule has 0 aliphatic heterocycles. The Bertz CT molecular complexity index is 769. The number of fused-ring (bicyclic) bond motifs is 2. The van der Waals surface area contributed by atoms with Crippen molar-refractivity contribution in [2.45, 2.75) is 24.4 Å². The standard InChI is InChI=1S/C20H20Si/c1-14-13-16-8-3-5-9-17(16)19(14)21-20(2)12-11-15-7-4-6-10-18(15)20/h3-13,19H,21H2,1-2H3. The molecule has 0 N–H and O–H groups in total. The Balaban J connectivity index is 1.72. The summed E-state index contributed by atoms with van der Waals surface area (Å²) in [7, 11) is -0.352. The monoisotopic (exact) mass is 288 g/mol. The Morgan fingerprint density at radius 1 is 0.952 bits per heavy atom. The maximum absolute atomic E-state index is 2.46. The summed E-state index contributed by atoms with van der Waals surface area (Å²) >= 11 is 0. The van der Waals surface area contributed by atoms with Crippen LogP contribution < -0.4 is 0 Å². The van der Waals surface area contributed by atoms with Gasteiger partial charge in [-0.15, -0.1) is 0 Å². The molecule has 2 atom stereocenters. The number of hydrogen-bond acceptors (Lipinski definition) is 0. The largest absolute Gasteiger partial charge is 0.0770 e. The van der Waals surface area contributed by atoms with Gasteiger partial charge in [-0.1, -0.05) is 79.3 Å². The molecule has 21 heavy (non-hydrogen) atoms. The van der Waals surface area contributed by atoms with E-state index >= 15 is 0 Å².